The lowest BCUT2D eigenvalue weighted by molar-refractivity contribution is -0.0115. The maximum atomic E-state index is 14.2. The first-order valence-electron chi connectivity index (χ1n) is 11.9. The van der Waals surface area contributed by atoms with Crippen LogP contribution in [0, 0.1) is 23.0 Å². The van der Waals surface area contributed by atoms with Crippen LogP contribution in [0.5, 0.6) is 0 Å². The molecule has 0 aliphatic rings. The van der Waals surface area contributed by atoms with E-state index in [1.54, 1.807) is 6.07 Å². The van der Waals surface area contributed by atoms with Crippen LogP contribution >= 0.6 is 11.6 Å². The molecule has 0 fully saturated rings. The molecular formula is C29H31ClF2N2O. The van der Waals surface area contributed by atoms with Crippen LogP contribution in [0.3, 0.4) is 0 Å². The van der Waals surface area contributed by atoms with E-state index in [0.29, 0.717) is 35.4 Å². The molecule has 35 heavy (non-hydrogen) atoms. The number of aliphatic hydroxyl groups is 1. The van der Waals surface area contributed by atoms with Crippen LogP contribution in [0.2, 0.25) is 5.02 Å². The molecule has 2 N–H and O–H groups in total. The van der Waals surface area contributed by atoms with Crippen LogP contribution in [0.4, 0.5) is 8.78 Å². The normalized spacial score (nSPS) is 14.2. The SMILES string of the molecule is CCC(O)(CC)[C@@H](N[C@@H](C)C(Cc1ccc(Cl)cc1)c1cccc(C#N)c1)c1cc(F)cc(F)c1. The van der Waals surface area contributed by atoms with E-state index >= 15 is 0 Å². The minimum atomic E-state index is -1.21. The minimum Gasteiger partial charge on any atom is -0.388 e. The number of nitrogens with one attached hydrogen (secondary N) is 1. The van der Waals surface area contributed by atoms with Gasteiger partial charge in [0.15, 0.2) is 0 Å². The highest BCUT2D eigenvalue weighted by molar-refractivity contribution is 6.30. The Kier molecular flexibility index (Phi) is 9.02. The molecule has 3 nitrogen and oxygen atoms in total. The van der Waals surface area contributed by atoms with Gasteiger partial charge in [0.05, 0.1) is 23.3 Å². The van der Waals surface area contributed by atoms with Crippen molar-refractivity contribution in [1.82, 2.24) is 5.32 Å². The van der Waals surface area contributed by atoms with Crippen LogP contribution in [-0.2, 0) is 6.42 Å². The molecule has 0 saturated carbocycles. The molecule has 0 amide bonds. The van der Waals surface area contributed by atoms with E-state index in [1.165, 1.54) is 12.1 Å². The van der Waals surface area contributed by atoms with Crippen LogP contribution in [-0.4, -0.2) is 16.7 Å². The molecule has 0 spiro atoms. The predicted octanol–water partition coefficient (Wildman–Crippen LogP) is 7.09. The van der Waals surface area contributed by atoms with Gasteiger partial charge < -0.3 is 10.4 Å². The fourth-order valence-electron chi connectivity index (χ4n) is 4.64. The molecule has 0 radical (unpaired) electrons. The quantitative estimate of drug-likeness (QED) is 0.315. The summed E-state index contributed by atoms with van der Waals surface area (Å²) in [4.78, 5) is 0. The van der Waals surface area contributed by atoms with E-state index < -0.39 is 23.3 Å². The van der Waals surface area contributed by atoms with Gasteiger partial charge in [0, 0.05) is 23.0 Å². The molecule has 3 aromatic rings. The summed E-state index contributed by atoms with van der Waals surface area (Å²) >= 11 is 6.07. The molecule has 0 aliphatic carbocycles. The first-order valence-corrected chi connectivity index (χ1v) is 12.3. The van der Waals surface area contributed by atoms with Crippen molar-refractivity contribution < 1.29 is 13.9 Å². The number of hydrogen-bond acceptors (Lipinski definition) is 3. The van der Waals surface area contributed by atoms with Gasteiger partial charge in [-0.1, -0.05) is 49.7 Å². The smallest absolute Gasteiger partial charge is 0.126 e. The largest absolute Gasteiger partial charge is 0.388 e. The molecule has 3 atom stereocenters. The maximum absolute atomic E-state index is 14.2. The molecule has 0 bridgehead atoms. The number of benzene rings is 3. The third-order valence-electron chi connectivity index (χ3n) is 6.83. The van der Waals surface area contributed by atoms with Crippen molar-refractivity contribution in [1.29, 1.82) is 5.26 Å². The third kappa shape index (κ3) is 6.67. The van der Waals surface area contributed by atoms with Crippen molar-refractivity contribution in [3.63, 3.8) is 0 Å². The van der Waals surface area contributed by atoms with Gasteiger partial charge in [-0.3, -0.25) is 0 Å². The van der Waals surface area contributed by atoms with Crippen LogP contribution < -0.4 is 5.32 Å². The van der Waals surface area contributed by atoms with E-state index in [0.717, 1.165) is 17.2 Å². The molecule has 184 valence electrons. The summed E-state index contributed by atoms with van der Waals surface area (Å²) in [6, 6.07) is 19.7. The number of hydrogen-bond donors (Lipinski definition) is 2. The average Bonchev–Trinajstić information content (AvgIpc) is 2.85. The fourth-order valence-corrected chi connectivity index (χ4v) is 4.76. The van der Waals surface area contributed by atoms with Gasteiger partial charge in [-0.05, 0) is 79.3 Å². The van der Waals surface area contributed by atoms with Gasteiger partial charge in [-0.15, -0.1) is 0 Å². The second-order valence-corrected chi connectivity index (χ2v) is 9.51. The van der Waals surface area contributed by atoms with Crippen LogP contribution in [0.1, 0.15) is 67.8 Å². The standard InChI is InChI=1S/C29H31ClF2N2O/c1-4-29(35,5-2)28(23-15-25(31)17-26(32)16-23)34-19(3)27(14-20-9-11-24(30)12-10-20)22-8-6-7-21(13-22)18-33/h6-13,15-17,19,27-28,34-35H,4-5,14H2,1-3H3/t19-,27?,28-/m0/s1. The Bertz CT molecular complexity index is 1150. The lowest BCUT2D eigenvalue weighted by Gasteiger charge is -2.39. The topological polar surface area (TPSA) is 56.0 Å². The van der Waals surface area contributed by atoms with E-state index in [4.69, 9.17) is 11.6 Å². The Morgan fingerprint density at radius 3 is 2.17 bits per heavy atom. The van der Waals surface area contributed by atoms with Crippen molar-refractivity contribution in [2.45, 2.75) is 63.6 Å². The molecule has 0 aliphatic heterocycles. The van der Waals surface area contributed by atoms with E-state index in [2.05, 4.69) is 11.4 Å². The van der Waals surface area contributed by atoms with Gasteiger partial charge >= 0.3 is 0 Å². The van der Waals surface area contributed by atoms with Gasteiger partial charge in [-0.25, -0.2) is 8.78 Å². The van der Waals surface area contributed by atoms with E-state index in [1.807, 2.05) is 63.2 Å². The number of nitriles is 1. The molecule has 3 rings (SSSR count). The highest BCUT2D eigenvalue weighted by Crippen LogP contribution is 2.35. The number of nitrogens with zero attached hydrogens (tertiary/aromatic N) is 1. The van der Waals surface area contributed by atoms with Crippen LogP contribution in [0.15, 0.2) is 66.7 Å². The zero-order chi connectivity index (χ0) is 25.6. The Labute approximate surface area is 211 Å². The summed E-state index contributed by atoms with van der Waals surface area (Å²) in [5.74, 6) is -1.47. The van der Waals surface area contributed by atoms with Crippen molar-refractivity contribution in [2.75, 3.05) is 0 Å². The summed E-state index contributed by atoms with van der Waals surface area (Å²) < 4.78 is 28.3. The van der Waals surface area contributed by atoms with E-state index in [-0.39, 0.29) is 12.0 Å². The third-order valence-corrected chi connectivity index (χ3v) is 7.08. The van der Waals surface area contributed by atoms with Crippen LogP contribution in [0.25, 0.3) is 0 Å². The van der Waals surface area contributed by atoms with Crippen molar-refractivity contribution in [2.24, 2.45) is 0 Å². The monoisotopic (exact) mass is 496 g/mol. The van der Waals surface area contributed by atoms with Crippen molar-refractivity contribution in [3.05, 3.63) is 106 Å². The molecule has 0 saturated heterocycles. The Hall–Kier alpha value is -2.78. The molecular weight excluding hydrogens is 466 g/mol. The average molecular weight is 497 g/mol. The lowest BCUT2D eigenvalue weighted by atomic mass is 9.81. The number of halogens is 3. The summed E-state index contributed by atoms with van der Waals surface area (Å²) in [6.45, 7) is 5.72. The molecule has 3 aromatic carbocycles. The van der Waals surface area contributed by atoms with Gasteiger partial charge in [0.1, 0.15) is 11.6 Å². The first-order chi connectivity index (χ1) is 16.7. The number of rotatable bonds is 10. The predicted molar refractivity (Wildman–Crippen MR) is 136 cm³/mol. The molecule has 0 heterocycles. The summed E-state index contributed by atoms with van der Waals surface area (Å²) in [5, 5.41) is 25.0. The summed E-state index contributed by atoms with van der Waals surface area (Å²) in [5.41, 5.74) is 1.72. The first kappa shape index (κ1) is 26.8. The van der Waals surface area contributed by atoms with Gasteiger partial charge in [0.2, 0.25) is 0 Å². The van der Waals surface area contributed by atoms with E-state index in [9.17, 15) is 19.1 Å². The van der Waals surface area contributed by atoms with Gasteiger partial charge in [0.25, 0.3) is 0 Å². The Morgan fingerprint density at radius 1 is 0.971 bits per heavy atom. The zero-order valence-electron chi connectivity index (χ0n) is 20.2. The lowest BCUT2D eigenvalue weighted by Crippen LogP contribution is -2.48. The maximum Gasteiger partial charge on any atom is 0.126 e. The second-order valence-electron chi connectivity index (χ2n) is 9.08. The highest BCUT2D eigenvalue weighted by Gasteiger charge is 2.37. The Balaban J connectivity index is 2.03. The summed E-state index contributed by atoms with van der Waals surface area (Å²) in [6.07, 6.45) is 1.44. The Morgan fingerprint density at radius 2 is 1.60 bits per heavy atom. The summed E-state index contributed by atoms with van der Waals surface area (Å²) in [7, 11) is 0. The van der Waals surface area contributed by atoms with Crippen molar-refractivity contribution in [3.8, 4) is 6.07 Å². The van der Waals surface area contributed by atoms with Crippen molar-refractivity contribution >= 4 is 11.6 Å². The minimum absolute atomic E-state index is 0.0941. The fraction of sp³-hybridized carbons (Fsp3) is 0.345. The second kappa shape index (κ2) is 11.8. The molecule has 0 aromatic heterocycles. The zero-order valence-corrected chi connectivity index (χ0v) is 21.0. The molecule has 1 unspecified atom stereocenters. The molecule has 6 heteroatoms. The highest BCUT2D eigenvalue weighted by atomic mass is 35.5. The van der Waals surface area contributed by atoms with Gasteiger partial charge in [-0.2, -0.15) is 5.26 Å².